The molecule has 1 amide bonds. The molecule has 2 rings (SSSR count). The first-order valence-corrected chi connectivity index (χ1v) is 7.66. The van der Waals surface area contributed by atoms with Gasteiger partial charge in [-0.1, -0.05) is 12.5 Å². The molecule has 0 heterocycles. The molecule has 1 fully saturated rings. The summed E-state index contributed by atoms with van der Waals surface area (Å²) in [6.45, 7) is 0.699. The zero-order valence-corrected chi connectivity index (χ0v) is 12.9. The molecular formula is C17H24N3O+. The van der Waals surface area contributed by atoms with Crippen LogP contribution in [0.2, 0.25) is 0 Å². The molecule has 4 heteroatoms. The fraction of sp³-hybridized carbons (Fsp3) is 0.529. The first-order chi connectivity index (χ1) is 10.1. The average molecular weight is 286 g/mol. The van der Waals surface area contributed by atoms with Crippen molar-refractivity contribution in [3.8, 4) is 6.07 Å². The molecule has 2 N–H and O–H groups in total. The molecule has 21 heavy (non-hydrogen) atoms. The summed E-state index contributed by atoms with van der Waals surface area (Å²) in [6, 6.07) is 8.93. The minimum Gasteiger partial charge on any atom is -0.346 e. The van der Waals surface area contributed by atoms with Crippen LogP contribution in [0.5, 0.6) is 0 Å². The molecule has 1 saturated carbocycles. The van der Waals surface area contributed by atoms with E-state index in [0.717, 1.165) is 12.8 Å². The summed E-state index contributed by atoms with van der Waals surface area (Å²) in [5, 5.41) is 12.0. The van der Waals surface area contributed by atoms with Crippen LogP contribution in [-0.4, -0.2) is 32.1 Å². The number of likely N-dealkylation sites (N-methyl/N-ethyl adjacent to an activating group) is 1. The Morgan fingerprint density at radius 2 is 2.05 bits per heavy atom. The fourth-order valence-corrected chi connectivity index (χ4v) is 3.16. The molecule has 0 saturated heterocycles. The molecule has 0 radical (unpaired) electrons. The number of benzene rings is 1. The summed E-state index contributed by atoms with van der Waals surface area (Å²) in [6.07, 6.45) is 6.10. The van der Waals surface area contributed by atoms with Gasteiger partial charge in [0.15, 0.2) is 0 Å². The predicted molar refractivity (Wildman–Crippen MR) is 82.1 cm³/mol. The molecule has 1 aromatic carbocycles. The molecule has 0 unspecified atom stereocenters. The number of nitrogens with one attached hydrogen (secondary N) is 2. The van der Waals surface area contributed by atoms with Gasteiger partial charge in [-0.25, -0.2) is 0 Å². The second-order valence-electron chi connectivity index (χ2n) is 6.22. The standard InChI is InChI=1S/C17H23N3O/c1-20(2)17(9-4-3-5-10-17)13-19-16(21)15-8-6-7-14(11-15)12-18/h6-8,11H,3-5,9-10,13H2,1-2H3,(H,19,21)/p+1. The first-order valence-electron chi connectivity index (χ1n) is 7.66. The monoisotopic (exact) mass is 286 g/mol. The molecule has 112 valence electrons. The van der Waals surface area contributed by atoms with Crippen molar-refractivity contribution in [1.82, 2.24) is 5.32 Å². The smallest absolute Gasteiger partial charge is 0.251 e. The number of nitriles is 1. The number of carbonyl (C=O) groups is 1. The Kier molecular flexibility index (Phi) is 4.98. The van der Waals surface area contributed by atoms with E-state index in [4.69, 9.17) is 5.26 Å². The van der Waals surface area contributed by atoms with Crippen LogP contribution in [-0.2, 0) is 0 Å². The van der Waals surface area contributed by atoms with Crippen LogP contribution in [0, 0.1) is 11.3 Å². The van der Waals surface area contributed by atoms with E-state index in [1.807, 2.05) is 0 Å². The normalized spacial score (nSPS) is 17.2. The van der Waals surface area contributed by atoms with Gasteiger partial charge in [-0.2, -0.15) is 5.26 Å². The van der Waals surface area contributed by atoms with Crippen LogP contribution in [0.3, 0.4) is 0 Å². The maximum atomic E-state index is 12.3. The summed E-state index contributed by atoms with van der Waals surface area (Å²) in [4.78, 5) is 13.7. The van der Waals surface area contributed by atoms with Crippen molar-refractivity contribution >= 4 is 5.91 Å². The predicted octanol–water partition coefficient (Wildman–Crippen LogP) is 1.14. The Bertz CT molecular complexity index is 539. The Balaban J connectivity index is 2.03. The van der Waals surface area contributed by atoms with Gasteiger partial charge in [-0.05, 0) is 31.0 Å². The van der Waals surface area contributed by atoms with E-state index in [-0.39, 0.29) is 11.4 Å². The van der Waals surface area contributed by atoms with Crippen molar-refractivity contribution in [1.29, 1.82) is 5.26 Å². The SMILES string of the molecule is C[NH+](C)C1(CNC(=O)c2cccc(C#N)c2)CCCCC1. The van der Waals surface area contributed by atoms with Gasteiger partial charge >= 0.3 is 0 Å². The van der Waals surface area contributed by atoms with Gasteiger partial charge in [-0.15, -0.1) is 0 Å². The van der Waals surface area contributed by atoms with Gasteiger partial charge in [0.2, 0.25) is 0 Å². The Morgan fingerprint density at radius 3 is 2.67 bits per heavy atom. The van der Waals surface area contributed by atoms with E-state index in [1.165, 1.54) is 24.2 Å². The molecule has 0 atom stereocenters. The molecule has 4 nitrogen and oxygen atoms in total. The van der Waals surface area contributed by atoms with E-state index in [1.54, 1.807) is 24.3 Å². The van der Waals surface area contributed by atoms with Crippen molar-refractivity contribution in [2.45, 2.75) is 37.6 Å². The van der Waals surface area contributed by atoms with Crippen molar-refractivity contribution in [2.24, 2.45) is 0 Å². The molecule has 1 aliphatic carbocycles. The molecular weight excluding hydrogens is 262 g/mol. The van der Waals surface area contributed by atoms with Gasteiger partial charge < -0.3 is 10.2 Å². The summed E-state index contributed by atoms with van der Waals surface area (Å²) in [7, 11) is 4.35. The van der Waals surface area contributed by atoms with Crippen LogP contribution in [0.4, 0.5) is 0 Å². The minimum absolute atomic E-state index is 0.0849. The maximum Gasteiger partial charge on any atom is 0.251 e. The molecule has 0 bridgehead atoms. The maximum absolute atomic E-state index is 12.3. The zero-order chi connectivity index (χ0) is 15.3. The highest BCUT2D eigenvalue weighted by atomic mass is 16.1. The van der Waals surface area contributed by atoms with Crippen molar-refractivity contribution in [3.63, 3.8) is 0 Å². The number of amides is 1. The highest BCUT2D eigenvalue weighted by Gasteiger charge is 2.38. The third-order valence-corrected chi connectivity index (χ3v) is 4.71. The molecule has 1 aromatic rings. The summed E-state index contributed by atoms with van der Waals surface area (Å²) < 4.78 is 0. The van der Waals surface area contributed by atoms with Gasteiger partial charge in [-0.3, -0.25) is 4.79 Å². The third kappa shape index (κ3) is 3.62. The largest absolute Gasteiger partial charge is 0.346 e. The second kappa shape index (κ2) is 6.73. The van der Waals surface area contributed by atoms with Crippen LogP contribution in [0.15, 0.2) is 24.3 Å². The van der Waals surface area contributed by atoms with E-state index >= 15 is 0 Å². The topological polar surface area (TPSA) is 57.3 Å². The summed E-state index contributed by atoms with van der Waals surface area (Å²) in [5.41, 5.74) is 1.24. The lowest BCUT2D eigenvalue weighted by molar-refractivity contribution is -0.916. The van der Waals surface area contributed by atoms with E-state index in [0.29, 0.717) is 17.7 Å². The van der Waals surface area contributed by atoms with Gasteiger partial charge in [0.05, 0.1) is 32.3 Å². The Morgan fingerprint density at radius 1 is 1.33 bits per heavy atom. The molecule has 0 spiro atoms. The van der Waals surface area contributed by atoms with Gasteiger partial charge in [0, 0.05) is 18.4 Å². The number of hydrogen-bond acceptors (Lipinski definition) is 2. The van der Waals surface area contributed by atoms with Crippen molar-refractivity contribution in [2.75, 3.05) is 20.6 Å². The summed E-state index contributed by atoms with van der Waals surface area (Å²) in [5.74, 6) is -0.0849. The quantitative estimate of drug-likeness (QED) is 0.872. The van der Waals surface area contributed by atoms with Gasteiger partial charge in [0.25, 0.3) is 5.91 Å². The van der Waals surface area contributed by atoms with E-state index < -0.39 is 0 Å². The number of nitrogens with zero attached hydrogens (tertiary/aromatic N) is 1. The summed E-state index contributed by atoms with van der Waals surface area (Å²) >= 11 is 0. The highest BCUT2D eigenvalue weighted by molar-refractivity contribution is 5.94. The lowest BCUT2D eigenvalue weighted by atomic mass is 9.80. The lowest BCUT2D eigenvalue weighted by Crippen LogP contribution is -3.16. The van der Waals surface area contributed by atoms with E-state index in [2.05, 4.69) is 25.5 Å². The van der Waals surface area contributed by atoms with Crippen LogP contribution in [0.1, 0.15) is 48.0 Å². The Hall–Kier alpha value is -1.86. The third-order valence-electron chi connectivity index (χ3n) is 4.71. The van der Waals surface area contributed by atoms with Crippen molar-refractivity contribution in [3.05, 3.63) is 35.4 Å². The van der Waals surface area contributed by atoms with Gasteiger partial charge in [0.1, 0.15) is 5.54 Å². The zero-order valence-electron chi connectivity index (χ0n) is 12.9. The van der Waals surface area contributed by atoms with Crippen LogP contribution in [0.25, 0.3) is 0 Å². The van der Waals surface area contributed by atoms with Crippen LogP contribution < -0.4 is 10.2 Å². The minimum atomic E-state index is -0.0849. The highest BCUT2D eigenvalue weighted by Crippen LogP contribution is 2.25. The molecule has 0 aromatic heterocycles. The van der Waals surface area contributed by atoms with E-state index in [9.17, 15) is 4.79 Å². The molecule has 1 aliphatic rings. The van der Waals surface area contributed by atoms with Crippen LogP contribution >= 0.6 is 0 Å². The number of quaternary nitrogens is 1. The average Bonchev–Trinajstić information content (AvgIpc) is 2.53. The molecule has 0 aliphatic heterocycles. The Labute approximate surface area is 126 Å². The number of carbonyl (C=O) groups excluding carboxylic acids is 1. The number of rotatable bonds is 4. The first kappa shape index (κ1) is 15.5. The second-order valence-corrected chi connectivity index (χ2v) is 6.22. The number of hydrogen-bond donors (Lipinski definition) is 2. The van der Waals surface area contributed by atoms with Crippen molar-refractivity contribution < 1.29 is 9.69 Å². The fourth-order valence-electron chi connectivity index (χ4n) is 3.16. The lowest BCUT2D eigenvalue weighted by Gasteiger charge is -2.39.